The Hall–Kier alpha value is -0.0800. The molecular weight excluding hydrogens is 162 g/mol. The van der Waals surface area contributed by atoms with E-state index in [2.05, 4.69) is 25.7 Å². The molecule has 0 aliphatic carbocycles. The van der Waals surface area contributed by atoms with Crippen LogP contribution in [0.1, 0.15) is 33.6 Å². The van der Waals surface area contributed by atoms with Crippen LogP contribution in [0.25, 0.3) is 0 Å². The zero-order valence-electron chi connectivity index (χ0n) is 9.25. The summed E-state index contributed by atoms with van der Waals surface area (Å²) in [6, 6.07) is 0. The minimum absolute atomic E-state index is 0.498. The zero-order valence-corrected chi connectivity index (χ0v) is 9.25. The van der Waals surface area contributed by atoms with E-state index in [4.69, 9.17) is 4.74 Å². The summed E-state index contributed by atoms with van der Waals surface area (Å²) in [5, 5.41) is 0. The summed E-state index contributed by atoms with van der Waals surface area (Å²) < 4.78 is 5.69. The van der Waals surface area contributed by atoms with Crippen LogP contribution in [0.5, 0.6) is 0 Å². The van der Waals surface area contributed by atoms with Crippen LogP contribution in [-0.4, -0.2) is 37.2 Å². The van der Waals surface area contributed by atoms with E-state index in [0.717, 1.165) is 25.6 Å². The van der Waals surface area contributed by atoms with Gasteiger partial charge in [0.1, 0.15) is 0 Å². The van der Waals surface area contributed by atoms with Gasteiger partial charge in [0, 0.05) is 19.6 Å². The Balaban J connectivity index is 2.24. The number of hydrogen-bond donors (Lipinski definition) is 0. The Morgan fingerprint density at radius 2 is 2.23 bits per heavy atom. The van der Waals surface area contributed by atoms with Crippen molar-refractivity contribution >= 4 is 0 Å². The minimum Gasteiger partial charge on any atom is -0.376 e. The molecule has 0 saturated carbocycles. The molecule has 0 radical (unpaired) electrons. The molecule has 0 amide bonds. The molecule has 0 aromatic heterocycles. The van der Waals surface area contributed by atoms with Gasteiger partial charge in [0.2, 0.25) is 0 Å². The van der Waals surface area contributed by atoms with E-state index in [-0.39, 0.29) is 0 Å². The highest BCUT2D eigenvalue weighted by molar-refractivity contribution is 4.71. The molecule has 1 aliphatic heterocycles. The lowest BCUT2D eigenvalue weighted by molar-refractivity contribution is -0.0352. The molecule has 0 N–H and O–H groups in total. The van der Waals surface area contributed by atoms with Gasteiger partial charge in [-0.2, -0.15) is 0 Å². The third kappa shape index (κ3) is 4.10. The molecule has 0 aromatic carbocycles. The van der Waals surface area contributed by atoms with Gasteiger partial charge in [0.25, 0.3) is 0 Å². The zero-order chi connectivity index (χ0) is 9.68. The molecule has 78 valence electrons. The van der Waals surface area contributed by atoms with Gasteiger partial charge in [-0.05, 0) is 12.3 Å². The van der Waals surface area contributed by atoms with Gasteiger partial charge in [-0.15, -0.1) is 0 Å². The summed E-state index contributed by atoms with van der Waals surface area (Å²) in [6.45, 7) is 11.2. The number of morpholine rings is 1. The van der Waals surface area contributed by atoms with Gasteiger partial charge in [-0.25, -0.2) is 0 Å². The lowest BCUT2D eigenvalue weighted by atomic mass is 10.1. The maximum Gasteiger partial charge on any atom is 0.0702 e. The first-order valence-electron chi connectivity index (χ1n) is 5.56. The van der Waals surface area contributed by atoms with Crippen LogP contribution in [0.4, 0.5) is 0 Å². The van der Waals surface area contributed by atoms with Crippen LogP contribution in [0.3, 0.4) is 0 Å². The van der Waals surface area contributed by atoms with E-state index in [1.165, 1.54) is 19.4 Å². The molecule has 13 heavy (non-hydrogen) atoms. The molecule has 0 aromatic rings. The number of rotatable bonds is 4. The third-order valence-corrected chi connectivity index (χ3v) is 2.46. The summed E-state index contributed by atoms with van der Waals surface area (Å²) >= 11 is 0. The third-order valence-electron chi connectivity index (χ3n) is 2.46. The fourth-order valence-electron chi connectivity index (χ4n) is 1.96. The van der Waals surface area contributed by atoms with Crippen molar-refractivity contribution in [2.45, 2.75) is 39.7 Å². The predicted octanol–water partition coefficient (Wildman–Crippen LogP) is 2.14. The molecule has 1 heterocycles. The molecule has 2 heteroatoms. The van der Waals surface area contributed by atoms with Crippen molar-refractivity contribution in [1.82, 2.24) is 4.90 Å². The summed E-state index contributed by atoms with van der Waals surface area (Å²) in [6.07, 6.45) is 2.95. The van der Waals surface area contributed by atoms with E-state index in [1.54, 1.807) is 0 Å². The van der Waals surface area contributed by atoms with Crippen molar-refractivity contribution < 1.29 is 4.74 Å². The monoisotopic (exact) mass is 185 g/mol. The van der Waals surface area contributed by atoms with Gasteiger partial charge >= 0.3 is 0 Å². The fourth-order valence-corrected chi connectivity index (χ4v) is 1.96. The molecule has 2 nitrogen and oxygen atoms in total. The Kier molecular flexibility index (Phi) is 4.74. The van der Waals surface area contributed by atoms with E-state index < -0.39 is 0 Å². The molecule has 1 aliphatic rings. The van der Waals surface area contributed by atoms with Crippen LogP contribution in [0.15, 0.2) is 0 Å². The molecule has 0 bridgehead atoms. The molecule has 1 saturated heterocycles. The van der Waals surface area contributed by atoms with Crippen molar-refractivity contribution in [1.29, 1.82) is 0 Å². The SMILES string of the molecule is CCC[C@@H]1CN(CC(C)C)CCO1. The van der Waals surface area contributed by atoms with Crippen molar-refractivity contribution in [2.24, 2.45) is 5.92 Å². The Labute approximate surface area is 82.3 Å². The number of ether oxygens (including phenoxy) is 1. The maximum atomic E-state index is 5.69. The molecule has 1 fully saturated rings. The number of nitrogens with zero attached hydrogens (tertiary/aromatic N) is 1. The fraction of sp³-hybridized carbons (Fsp3) is 1.00. The van der Waals surface area contributed by atoms with Crippen LogP contribution in [0, 0.1) is 5.92 Å². The molecule has 0 unspecified atom stereocenters. The molecule has 1 atom stereocenters. The second-order valence-corrected chi connectivity index (χ2v) is 4.43. The lowest BCUT2D eigenvalue weighted by Crippen LogP contribution is -2.43. The Bertz CT molecular complexity index is 134. The standard InChI is InChI=1S/C11H23NO/c1-4-5-11-9-12(6-7-13-11)8-10(2)3/h10-11H,4-9H2,1-3H3/t11-/m1/s1. The highest BCUT2D eigenvalue weighted by Crippen LogP contribution is 2.11. The van der Waals surface area contributed by atoms with E-state index in [1.807, 2.05) is 0 Å². The van der Waals surface area contributed by atoms with Crippen LogP contribution in [0.2, 0.25) is 0 Å². The second-order valence-electron chi connectivity index (χ2n) is 4.43. The van der Waals surface area contributed by atoms with E-state index in [0.29, 0.717) is 6.10 Å². The topological polar surface area (TPSA) is 12.5 Å². The van der Waals surface area contributed by atoms with Gasteiger partial charge in [0.15, 0.2) is 0 Å². The smallest absolute Gasteiger partial charge is 0.0702 e. The van der Waals surface area contributed by atoms with Crippen molar-refractivity contribution in [3.8, 4) is 0 Å². The average molecular weight is 185 g/mol. The maximum absolute atomic E-state index is 5.69. The second kappa shape index (κ2) is 5.61. The van der Waals surface area contributed by atoms with Gasteiger partial charge in [-0.3, -0.25) is 4.90 Å². The van der Waals surface area contributed by atoms with Gasteiger partial charge < -0.3 is 4.74 Å². The molecule has 0 spiro atoms. The quantitative estimate of drug-likeness (QED) is 0.665. The van der Waals surface area contributed by atoms with Gasteiger partial charge in [0.05, 0.1) is 12.7 Å². The Morgan fingerprint density at radius 3 is 2.85 bits per heavy atom. The van der Waals surface area contributed by atoms with Crippen molar-refractivity contribution in [3.63, 3.8) is 0 Å². The molecule has 1 rings (SSSR count). The lowest BCUT2D eigenvalue weighted by Gasteiger charge is -2.33. The summed E-state index contributed by atoms with van der Waals surface area (Å²) in [4.78, 5) is 2.54. The van der Waals surface area contributed by atoms with Crippen molar-refractivity contribution in [3.05, 3.63) is 0 Å². The first-order valence-corrected chi connectivity index (χ1v) is 5.56. The first-order chi connectivity index (χ1) is 6.22. The highest BCUT2D eigenvalue weighted by atomic mass is 16.5. The van der Waals surface area contributed by atoms with Crippen LogP contribution in [-0.2, 0) is 4.74 Å². The average Bonchev–Trinajstić information content (AvgIpc) is 2.04. The summed E-state index contributed by atoms with van der Waals surface area (Å²) in [5.41, 5.74) is 0. The normalized spacial score (nSPS) is 25.4. The van der Waals surface area contributed by atoms with Crippen molar-refractivity contribution in [2.75, 3.05) is 26.2 Å². The number of hydrogen-bond acceptors (Lipinski definition) is 2. The van der Waals surface area contributed by atoms with Gasteiger partial charge in [-0.1, -0.05) is 27.2 Å². The Morgan fingerprint density at radius 1 is 1.46 bits per heavy atom. The van der Waals surface area contributed by atoms with E-state index >= 15 is 0 Å². The van der Waals surface area contributed by atoms with E-state index in [9.17, 15) is 0 Å². The van der Waals surface area contributed by atoms with Crippen LogP contribution < -0.4 is 0 Å². The summed E-state index contributed by atoms with van der Waals surface area (Å²) in [5.74, 6) is 0.778. The first kappa shape index (κ1) is 11.0. The summed E-state index contributed by atoms with van der Waals surface area (Å²) in [7, 11) is 0. The van der Waals surface area contributed by atoms with Crippen LogP contribution >= 0.6 is 0 Å². The molecular formula is C11H23NO. The highest BCUT2D eigenvalue weighted by Gasteiger charge is 2.19. The largest absolute Gasteiger partial charge is 0.376 e. The predicted molar refractivity (Wildman–Crippen MR) is 55.9 cm³/mol. The minimum atomic E-state index is 0.498.